The van der Waals surface area contributed by atoms with Crippen LogP contribution in [0, 0.1) is 0 Å². The predicted molar refractivity (Wildman–Crippen MR) is 147 cm³/mol. The number of nitrogens with one attached hydrogen (secondary N) is 1. The molecule has 0 saturated carbocycles. The summed E-state index contributed by atoms with van der Waals surface area (Å²) in [5.74, 6) is -0.365. The van der Waals surface area contributed by atoms with Crippen molar-refractivity contribution in [1.29, 1.82) is 0 Å². The Balaban J connectivity index is 1.62. The number of rotatable bonds is 5. The summed E-state index contributed by atoms with van der Waals surface area (Å²) in [7, 11) is -0.311. The summed E-state index contributed by atoms with van der Waals surface area (Å²) in [5, 5.41) is 9.71. The van der Waals surface area contributed by atoms with Crippen molar-refractivity contribution in [1.82, 2.24) is 0 Å². The van der Waals surface area contributed by atoms with Gasteiger partial charge in [0.05, 0.1) is 7.11 Å². The number of carbonyl (C=O) groups excluding carboxylic acids is 1. The summed E-state index contributed by atoms with van der Waals surface area (Å²) < 4.78 is 18.1. The van der Waals surface area contributed by atoms with E-state index in [4.69, 9.17) is 13.1 Å². The van der Waals surface area contributed by atoms with Crippen LogP contribution in [0.1, 0.15) is 5.56 Å². The number of methoxy groups -OCH3 is 1. The molecule has 0 bridgehead atoms. The van der Waals surface area contributed by atoms with Crippen LogP contribution in [0.3, 0.4) is 0 Å². The summed E-state index contributed by atoms with van der Waals surface area (Å²) in [4.78, 5) is 12.7. The molecule has 0 aliphatic rings. The molecule has 0 fully saturated rings. The van der Waals surface area contributed by atoms with Gasteiger partial charge in [0.15, 0.2) is 0 Å². The molecular formula is C30H24NO4P. The van der Waals surface area contributed by atoms with E-state index in [1.807, 2.05) is 66.7 Å². The lowest BCUT2D eigenvalue weighted by Crippen LogP contribution is -2.31. The molecule has 6 aromatic rings. The van der Waals surface area contributed by atoms with Gasteiger partial charge in [-0.15, -0.1) is 0 Å². The monoisotopic (exact) mass is 493 g/mol. The van der Waals surface area contributed by atoms with Crippen LogP contribution < -0.4 is 5.09 Å². The molecule has 0 spiro atoms. The molecule has 1 heterocycles. The van der Waals surface area contributed by atoms with E-state index in [2.05, 4.69) is 41.5 Å². The second-order valence-corrected chi connectivity index (χ2v) is 9.79. The topological polar surface area (TPSA) is 64.6 Å². The Hall–Kier alpha value is -4.05. The molecule has 6 heteroatoms. The summed E-state index contributed by atoms with van der Waals surface area (Å²) >= 11 is 0. The minimum Gasteiger partial charge on any atom is -0.468 e. The van der Waals surface area contributed by atoms with Crippen LogP contribution in [-0.2, 0) is 16.0 Å². The molecule has 1 aromatic heterocycles. The third kappa shape index (κ3) is 4.13. The molecular weight excluding hydrogens is 469 g/mol. The third-order valence-electron chi connectivity index (χ3n) is 6.42. The molecule has 0 amide bonds. The van der Waals surface area contributed by atoms with Gasteiger partial charge in [-0.2, -0.15) is 0 Å². The van der Waals surface area contributed by atoms with Gasteiger partial charge in [0.25, 0.3) is 0 Å². The van der Waals surface area contributed by atoms with Gasteiger partial charge >= 0.3 is 14.1 Å². The van der Waals surface area contributed by atoms with Gasteiger partial charge in [0, 0.05) is 10.8 Å². The molecule has 5 aromatic carbocycles. The van der Waals surface area contributed by atoms with Gasteiger partial charge in [-0.25, -0.2) is 5.09 Å². The number of benzene rings is 5. The molecule has 0 aliphatic carbocycles. The fourth-order valence-electron chi connectivity index (χ4n) is 4.72. The van der Waals surface area contributed by atoms with E-state index >= 15 is 0 Å². The van der Waals surface area contributed by atoms with Crippen LogP contribution in [-0.4, -0.2) is 19.1 Å². The smallest absolute Gasteiger partial charge is 0.324 e. The van der Waals surface area contributed by atoms with Gasteiger partial charge in [-0.3, -0.25) is 4.79 Å². The lowest BCUT2D eigenvalue weighted by molar-refractivity contribution is -0.141. The highest BCUT2D eigenvalue weighted by Gasteiger charge is 2.23. The first-order valence-electron chi connectivity index (χ1n) is 11.8. The van der Waals surface area contributed by atoms with Crippen molar-refractivity contribution in [3.8, 4) is 0 Å². The Morgan fingerprint density at radius 2 is 1.28 bits per heavy atom. The van der Waals surface area contributed by atoms with E-state index in [0.717, 1.165) is 37.9 Å². The molecule has 1 N–H and O–H groups in total. The number of hydrogen-bond acceptors (Lipinski definition) is 5. The molecule has 36 heavy (non-hydrogen) atoms. The van der Waals surface area contributed by atoms with Crippen LogP contribution in [0.4, 0.5) is 0 Å². The van der Waals surface area contributed by atoms with Gasteiger partial charge in [0.2, 0.25) is 0 Å². The summed E-state index contributed by atoms with van der Waals surface area (Å²) in [6, 6.07) is 33.8. The van der Waals surface area contributed by atoms with E-state index in [1.165, 1.54) is 7.11 Å². The maximum Gasteiger partial charge on any atom is 0.324 e. The van der Waals surface area contributed by atoms with Crippen molar-refractivity contribution in [2.75, 3.05) is 12.2 Å². The summed E-state index contributed by atoms with van der Waals surface area (Å²) in [6.45, 7) is 0. The van der Waals surface area contributed by atoms with Crippen molar-refractivity contribution in [2.45, 2.75) is 12.5 Å². The van der Waals surface area contributed by atoms with Crippen LogP contribution in [0.15, 0.2) is 112 Å². The quantitative estimate of drug-likeness (QED) is 0.247. The molecule has 6 rings (SSSR count). The van der Waals surface area contributed by atoms with Gasteiger partial charge < -0.3 is 13.1 Å². The molecule has 5 nitrogen and oxygen atoms in total. The molecule has 0 unspecified atom stereocenters. The molecule has 178 valence electrons. The number of esters is 1. The van der Waals surface area contributed by atoms with Gasteiger partial charge in [-0.1, -0.05) is 91.0 Å². The van der Waals surface area contributed by atoms with E-state index in [9.17, 15) is 4.79 Å². The maximum absolute atomic E-state index is 12.7. The summed E-state index contributed by atoms with van der Waals surface area (Å²) in [5.41, 5.74) is 2.44. The number of ether oxygens (including phenoxy) is 1. The molecule has 0 saturated heterocycles. The molecule has 1 atom stereocenters. The van der Waals surface area contributed by atoms with Gasteiger partial charge in [0.1, 0.15) is 17.2 Å². The largest absolute Gasteiger partial charge is 0.468 e. The van der Waals surface area contributed by atoms with Crippen LogP contribution in [0.2, 0.25) is 0 Å². The third-order valence-corrected chi connectivity index (χ3v) is 7.67. The Labute approximate surface area is 208 Å². The highest BCUT2D eigenvalue weighted by atomic mass is 31.1. The Kier molecular flexibility index (Phi) is 5.94. The standard InChI is InChI=1S/C30H24NO4P/c1-33-30(32)25(19-20-9-3-2-4-10-20)31-36-34-26-17-15-21-11-5-7-13-23(21)28(26)29-24-14-8-6-12-22(24)16-18-27(29)35-36/h2-18,25,31H,19H2,1H3/t25-/m0/s1. The maximum atomic E-state index is 12.7. The number of fused-ring (bicyclic) bond motifs is 7. The molecule has 0 radical (unpaired) electrons. The van der Waals surface area contributed by atoms with Crippen LogP contribution >= 0.6 is 8.16 Å². The van der Waals surface area contributed by atoms with Crippen LogP contribution in [0.5, 0.6) is 0 Å². The van der Waals surface area contributed by atoms with E-state index in [-0.39, 0.29) is 5.97 Å². The predicted octanol–water partition coefficient (Wildman–Crippen LogP) is 7.92. The first-order chi connectivity index (χ1) is 17.7. The fraction of sp³-hybridized carbons (Fsp3) is 0.100. The SMILES string of the molecule is COC(=O)[C@H](Cc1ccccc1)Np1oc2ccc3ccccc3c2c2c(ccc3ccccc32)o1. The first kappa shape index (κ1) is 22.4. The van der Waals surface area contributed by atoms with Crippen molar-refractivity contribution in [3.05, 3.63) is 109 Å². The van der Waals surface area contributed by atoms with E-state index in [1.54, 1.807) is 0 Å². The summed E-state index contributed by atoms with van der Waals surface area (Å²) in [6.07, 6.45) is 0.453. The normalized spacial score (nSPS) is 12.2. The van der Waals surface area contributed by atoms with E-state index in [0.29, 0.717) is 17.6 Å². The highest BCUT2D eigenvalue weighted by molar-refractivity contribution is 7.38. The molecule has 0 aliphatic heterocycles. The second kappa shape index (κ2) is 9.54. The van der Waals surface area contributed by atoms with E-state index < -0.39 is 14.2 Å². The van der Waals surface area contributed by atoms with Crippen molar-refractivity contribution in [2.24, 2.45) is 0 Å². The van der Waals surface area contributed by atoms with Crippen LogP contribution in [0.25, 0.3) is 43.5 Å². The first-order valence-corrected chi connectivity index (χ1v) is 13.0. The Morgan fingerprint density at radius 3 is 1.83 bits per heavy atom. The Bertz CT molecular complexity index is 1660. The fourth-order valence-corrected chi connectivity index (χ4v) is 5.98. The number of carbonyl (C=O) groups is 1. The number of hydrogen-bond donors (Lipinski definition) is 1. The zero-order valence-corrected chi connectivity index (χ0v) is 20.6. The second-order valence-electron chi connectivity index (χ2n) is 8.65. The zero-order chi connectivity index (χ0) is 24.5. The average molecular weight is 493 g/mol. The zero-order valence-electron chi connectivity index (χ0n) is 19.7. The van der Waals surface area contributed by atoms with Crippen molar-refractivity contribution in [3.63, 3.8) is 0 Å². The van der Waals surface area contributed by atoms with Crippen molar-refractivity contribution >= 4 is 57.6 Å². The average Bonchev–Trinajstić information content (AvgIpc) is 3.09. The lowest BCUT2D eigenvalue weighted by Gasteiger charge is -2.14. The minimum absolute atomic E-state index is 0.365. The van der Waals surface area contributed by atoms with Gasteiger partial charge in [-0.05, 0) is 45.7 Å². The Morgan fingerprint density at radius 1 is 0.750 bits per heavy atom. The minimum atomic E-state index is -1.71. The highest BCUT2D eigenvalue weighted by Crippen LogP contribution is 2.40. The van der Waals surface area contributed by atoms with Crippen molar-refractivity contribution < 1.29 is 17.9 Å². The lowest BCUT2D eigenvalue weighted by atomic mass is 9.99.